The van der Waals surface area contributed by atoms with Gasteiger partial charge in [-0.3, -0.25) is 9.32 Å². The molecule has 48 heavy (non-hydrogen) atoms. The second kappa shape index (κ2) is 36.3. The highest BCUT2D eigenvalue weighted by Crippen LogP contribution is 2.36. The van der Waals surface area contributed by atoms with Crippen LogP contribution in [0.4, 0.5) is 0 Å². The Morgan fingerprint density at radius 1 is 0.521 bits per heavy atom. The summed E-state index contributed by atoms with van der Waals surface area (Å²) in [6.07, 6.45) is 40.9. The van der Waals surface area contributed by atoms with Crippen LogP contribution in [0.1, 0.15) is 232 Å². The molecule has 0 aromatic rings. The SMILES string of the molecule is CCCCCCCCCCCCCCCCCCCCCCCC(=O)N[C@@H](COP(=O)(O)O)[C@H](O)CCCCCCCCCCCCC. The maximum atomic E-state index is 12.6. The van der Waals surface area contributed by atoms with Gasteiger partial charge in [-0.25, -0.2) is 4.57 Å². The molecule has 1 amide bonds. The molecular formula is C40H82NO6P. The third-order valence-electron chi connectivity index (χ3n) is 9.84. The van der Waals surface area contributed by atoms with E-state index in [1.54, 1.807) is 0 Å². The normalized spacial score (nSPS) is 13.2. The second-order valence-electron chi connectivity index (χ2n) is 14.7. The first-order valence-corrected chi connectivity index (χ1v) is 22.5. The average Bonchev–Trinajstić information content (AvgIpc) is 3.05. The molecule has 0 radical (unpaired) electrons. The van der Waals surface area contributed by atoms with Crippen LogP contribution in [-0.4, -0.2) is 39.6 Å². The van der Waals surface area contributed by atoms with Crippen LogP contribution in [0.2, 0.25) is 0 Å². The number of aliphatic hydroxyl groups excluding tert-OH is 1. The lowest BCUT2D eigenvalue weighted by atomic mass is 10.0. The van der Waals surface area contributed by atoms with E-state index in [0.717, 1.165) is 38.5 Å². The van der Waals surface area contributed by atoms with Crippen LogP contribution in [0, 0.1) is 0 Å². The van der Waals surface area contributed by atoms with Gasteiger partial charge >= 0.3 is 7.82 Å². The summed E-state index contributed by atoms with van der Waals surface area (Å²) >= 11 is 0. The minimum atomic E-state index is -4.68. The smallest absolute Gasteiger partial charge is 0.391 e. The molecule has 4 N–H and O–H groups in total. The average molecular weight is 704 g/mol. The van der Waals surface area contributed by atoms with Crippen LogP contribution in [0.25, 0.3) is 0 Å². The predicted octanol–water partition coefficient (Wildman–Crippen LogP) is 12.2. The summed E-state index contributed by atoms with van der Waals surface area (Å²) in [5, 5.41) is 13.5. The zero-order valence-electron chi connectivity index (χ0n) is 31.9. The Kier molecular flexibility index (Phi) is 36.0. The van der Waals surface area contributed by atoms with Gasteiger partial charge in [-0.15, -0.1) is 0 Å². The van der Waals surface area contributed by atoms with E-state index in [2.05, 4.69) is 23.7 Å². The number of amides is 1. The van der Waals surface area contributed by atoms with Crippen molar-refractivity contribution in [1.82, 2.24) is 5.32 Å². The van der Waals surface area contributed by atoms with Gasteiger partial charge in [-0.05, 0) is 12.8 Å². The fourth-order valence-corrected chi connectivity index (χ4v) is 7.00. The predicted molar refractivity (Wildman–Crippen MR) is 204 cm³/mol. The van der Waals surface area contributed by atoms with Gasteiger partial charge in [-0.2, -0.15) is 0 Å². The van der Waals surface area contributed by atoms with Crippen LogP contribution in [0.5, 0.6) is 0 Å². The standard InChI is InChI=1S/C40H82NO6P/c1-3-5-7-9-11-13-15-16-17-18-19-20-21-22-23-24-26-28-30-32-34-36-40(43)41-38(37-47-48(44,45)46)39(42)35-33-31-29-27-25-14-12-10-8-6-4-2/h38-39,42H,3-37H2,1-2H3,(H,41,43)(H2,44,45,46)/t38-,39+/m0/s1. The number of phosphoric acid groups is 1. The highest BCUT2D eigenvalue weighted by atomic mass is 31.2. The van der Waals surface area contributed by atoms with E-state index < -0.39 is 26.6 Å². The zero-order valence-corrected chi connectivity index (χ0v) is 32.8. The number of phosphoric ester groups is 1. The lowest BCUT2D eigenvalue weighted by Gasteiger charge is -2.24. The van der Waals surface area contributed by atoms with Gasteiger partial charge < -0.3 is 20.2 Å². The minimum absolute atomic E-state index is 0.190. The van der Waals surface area contributed by atoms with Crippen molar-refractivity contribution in [3.8, 4) is 0 Å². The Hall–Kier alpha value is -0.460. The molecule has 0 heterocycles. The molecule has 0 aliphatic rings. The summed E-state index contributed by atoms with van der Waals surface area (Å²) in [5.41, 5.74) is 0. The number of nitrogens with one attached hydrogen (secondary N) is 1. The number of rotatable bonds is 39. The van der Waals surface area contributed by atoms with Crippen LogP contribution < -0.4 is 5.32 Å². The van der Waals surface area contributed by atoms with E-state index in [9.17, 15) is 14.5 Å². The molecule has 0 aromatic heterocycles. The van der Waals surface area contributed by atoms with Gasteiger partial charge in [0, 0.05) is 6.42 Å². The molecule has 0 rings (SSSR count). The number of aliphatic hydroxyl groups is 1. The lowest BCUT2D eigenvalue weighted by molar-refractivity contribution is -0.123. The molecule has 0 saturated carbocycles. The maximum absolute atomic E-state index is 12.6. The molecule has 8 heteroatoms. The Bertz CT molecular complexity index is 718. The van der Waals surface area contributed by atoms with E-state index in [1.165, 1.54) is 167 Å². The summed E-state index contributed by atoms with van der Waals surface area (Å²) < 4.78 is 15.9. The van der Waals surface area contributed by atoms with Crippen molar-refractivity contribution in [2.45, 2.75) is 244 Å². The number of carbonyl (C=O) groups excluding carboxylic acids is 1. The fraction of sp³-hybridized carbons (Fsp3) is 0.975. The third kappa shape index (κ3) is 36.8. The molecule has 0 saturated heterocycles. The first-order valence-electron chi connectivity index (χ1n) is 21.0. The first kappa shape index (κ1) is 47.5. The van der Waals surface area contributed by atoms with Gasteiger partial charge in [0.15, 0.2) is 0 Å². The zero-order chi connectivity index (χ0) is 35.4. The van der Waals surface area contributed by atoms with E-state index >= 15 is 0 Å². The van der Waals surface area contributed by atoms with Crippen molar-refractivity contribution in [3.63, 3.8) is 0 Å². The van der Waals surface area contributed by atoms with Crippen molar-refractivity contribution in [2.75, 3.05) is 6.61 Å². The lowest BCUT2D eigenvalue weighted by Crippen LogP contribution is -2.46. The van der Waals surface area contributed by atoms with Gasteiger partial charge in [0.2, 0.25) is 5.91 Å². The summed E-state index contributed by atoms with van der Waals surface area (Å²) in [6, 6.07) is -0.817. The second-order valence-corrected chi connectivity index (χ2v) is 15.9. The van der Waals surface area contributed by atoms with Gasteiger partial charge in [-0.1, -0.05) is 213 Å². The molecule has 7 nitrogen and oxygen atoms in total. The van der Waals surface area contributed by atoms with Crippen molar-refractivity contribution < 1.29 is 28.8 Å². The number of unbranched alkanes of at least 4 members (excludes halogenated alkanes) is 30. The molecule has 0 spiro atoms. The highest BCUT2D eigenvalue weighted by molar-refractivity contribution is 7.46. The molecule has 0 bridgehead atoms. The van der Waals surface area contributed by atoms with Gasteiger partial charge in [0.25, 0.3) is 0 Å². The maximum Gasteiger partial charge on any atom is 0.469 e. The van der Waals surface area contributed by atoms with Crippen LogP contribution in [0.15, 0.2) is 0 Å². The van der Waals surface area contributed by atoms with Gasteiger partial charge in [0.1, 0.15) is 0 Å². The Labute approximate surface area is 298 Å². The molecule has 0 unspecified atom stereocenters. The minimum Gasteiger partial charge on any atom is -0.391 e. The van der Waals surface area contributed by atoms with E-state index in [1.807, 2.05) is 0 Å². The quantitative estimate of drug-likeness (QED) is 0.0374. The molecule has 0 aliphatic carbocycles. The fourth-order valence-electron chi connectivity index (χ4n) is 6.64. The van der Waals surface area contributed by atoms with Crippen molar-refractivity contribution in [2.24, 2.45) is 0 Å². The van der Waals surface area contributed by atoms with E-state index in [-0.39, 0.29) is 5.91 Å². The number of carbonyl (C=O) groups is 1. The molecule has 288 valence electrons. The van der Waals surface area contributed by atoms with Crippen LogP contribution in [0.3, 0.4) is 0 Å². The largest absolute Gasteiger partial charge is 0.469 e. The molecule has 2 atom stereocenters. The Morgan fingerprint density at radius 2 is 0.812 bits per heavy atom. The van der Waals surface area contributed by atoms with Crippen molar-refractivity contribution >= 4 is 13.7 Å². The Morgan fingerprint density at radius 3 is 1.12 bits per heavy atom. The third-order valence-corrected chi connectivity index (χ3v) is 10.3. The summed E-state index contributed by atoms with van der Waals surface area (Å²) in [7, 11) is -4.68. The van der Waals surface area contributed by atoms with Crippen molar-refractivity contribution in [3.05, 3.63) is 0 Å². The van der Waals surface area contributed by atoms with E-state index in [4.69, 9.17) is 9.79 Å². The highest BCUT2D eigenvalue weighted by Gasteiger charge is 2.25. The monoisotopic (exact) mass is 704 g/mol. The van der Waals surface area contributed by atoms with Crippen LogP contribution >= 0.6 is 7.82 Å². The van der Waals surface area contributed by atoms with Crippen LogP contribution in [-0.2, 0) is 13.9 Å². The van der Waals surface area contributed by atoms with Gasteiger partial charge in [0.05, 0.1) is 18.8 Å². The summed E-state index contributed by atoms with van der Waals surface area (Å²) in [5.74, 6) is -0.190. The van der Waals surface area contributed by atoms with Crippen molar-refractivity contribution in [1.29, 1.82) is 0 Å². The topological polar surface area (TPSA) is 116 Å². The van der Waals surface area contributed by atoms with E-state index in [0.29, 0.717) is 12.8 Å². The molecule has 0 aliphatic heterocycles. The number of hydrogen-bond acceptors (Lipinski definition) is 4. The number of hydrogen-bond donors (Lipinski definition) is 4. The summed E-state index contributed by atoms with van der Waals surface area (Å²) in [6.45, 7) is 4.12. The Balaban J connectivity index is 3.80. The molecule has 0 fully saturated rings. The molecule has 0 aromatic carbocycles. The first-order chi connectivity index (χ1) is 23.3. The molecular weight excluding hydrogens is 621 g/mol. The summed E-state index contributed by atoms with van der Waals surface area (Å²) in [4.78, 5) is 30.9.